The predicted octanol–water partition coefficient (Wildman–Crippen LogP) is 3.34. The van der Waals surface area contributed by atoms with Gasteiger partial charge < -0.3 is 0 Å². The topological polar surface area (TPSA) is 0 Å². The van der Waals surface area contributed by atoms with Gasteiger partial charge in [0.05, 0.1) is 0 Å². The molecule has 0 amide bonds. The Labute approximate surface area is 80.0 Å². The summed E-state index contributed by atoms with van der Waals surface area (Å²) < 4.78 is 0. The van der Waals surface area contributed by atoms with Gasteiger partial charge in [-0.3, -0.25) is 0 Å². The van der Waals surface area contributed by atoms with Crippen molar-refractivity contribution in [3.05, 3.63) is 0 Å². The van der Waals surface area contributed by atoms with Crippen LogP contribution in [-0.4, -0.2) is 10.2 Å². The van der Waals surface area contributed by atoms with Crippen LogP contribution in [0.25, 0.3) is 0 Å². The minimum atomic E-state index is 0.616. The molecule has 0 aromatic heterocycles. The number of rotatable bonds is 5. The molecule has 0 aromatic carbocycles. The molecule has 58 valence electrons. The fraction of sp³-hybridized carbons (Fsp3) is 0.750. The third-order valence-electron chi connectivity index (χ3n) is 1.26. The van der Waals surface area contributed by atoms with Crippen LogP contribution in [-0.2, 0) is 0 Å². The van der Waals surface area contributed by atoms with E-state index in [-0.39, 0.29) is 0 Å². The van der Waals surface area contributed by atoms with Crippen molar-refractivity contribution < 1.29 is 0 Å². The summed E-state index contributed by atoms with van der Waals surface area (Å²) in [6.45, 7) is 0. The molecule has 1 unspecified atom stereocenters. The molecule has 0 saturated carbocycles. The van der Waals surface area contributed by atoms with E-state index in [9.17, 15) is 0 Å². The second kappa shape index (κ2) is 7.63. The van der Waals surface area contributed by atoms with Gasteiger partial charge in [0.15, 0.2) is 0 Å². The summed E-state index contributed by atoms with van der Waals surface area (Å²) >= 11 is 6.93. The lowest BCUT2D eigenvalue weighted by Crippen LogP contribution is -1.97. The van der Waals surface area contributed by atoms with Crippen molar-refractivity contribution in [1.29, 1.82) is 0 Å². The minimum Gasteiger partial charge on any atom is -0.120 e. The molecule has 0 aliphatic rings. The molecule has 0 fully saturated rings. The average molecular weight is 268 g/mol. The molecule has 0 N–H and O–H groups in total. The van der Waals surface area contributed by atoms with Gasteiger partial charge in [0.25, 0.3) is 0 Å². The zero-order valence-electron chi connectivity index (χ0n) is 5.95. The van der Waals surface area contributed by atoms with Gasteiger partial charge in [-0.2, -0.15) is 0 Å². The quantitative estimate of drug-likeness (QED) is 0.407. The van der Waals surface area contributed by atoms with E-state index in [1.165, 1.54) is 12.8 Å². The normalized spacial score (nSPS) is 12.5. The first-order valence-electron chi connectivity index (χ1n) is 3.44. The molecule has 0 saturated heterocycles. The lowest BCUT2D eigenvalue weighted by molar-refractivity contribution is 0.699. The van der Waals surface area contributed by atoms with Gasteiger partial charge >= 0.3 is 0 Å². The summed E-state index contributed by atoms with van der Waals surface area (Å²) in [5.41, 5.74) is 0. The van der Waals surface area contributed by atoms with E-state index in [0.717, 1.165) is 18.2 Å². The highest BCUT2D eigenvalue weighted by molar-refractivity contribution is 9.12. The van der Waals surface area contributed by atoms with Crippen molar-refractivity contribution in [2.24, 2.45) is 0 Å². The van der Waals surface area contributed by atoms with Crippen molar-refractivity contribution in [2.45, 2.75) is 30.5 Å². The summed E-state index contributed by atoms with van der Waals surface area (Å²) in [5.74, 6) is 2.63. The van der Waals surface area contributed by atoms with Crippen LogP contribution >= 0.6 is 31.9 Å². The van der Waals surface area contributed by atoms with Crippen LogP contribution in [0.3, 0.4) is 0 Å². The first-order chi connectivity index (χ1) is 4.81. The SMILES string of the molecule is C#CCCCCC(Br)CBr. The summed E-state index contributed by atoms with van der Waals surface area (Å²) in [4.78, 5) is 0.616. The van der Waals surface area contributed by atoms with E-state index in [2.05, 4.69) is 37.8 Å². The fourth-order valence-electron chi connectivity index (χ4n) is 0.670. The van der Waals surface area contributed by atoms with Crippen molar-refractivity contribution in [1.82, 2.24) is 0 Å². The molecule has 0 nitrogen and oxygen atoms in total. The highest BCUT2D eigenvalue weighted by Gasteiger charge is 1.99. The molecule has 10 heavy (non-hydrogen) atoms. The maximum absolute atomic E-state index is 5.11. The third-order valence-corrected chi connectivity index (χ3v) is 3.69. The Morgan fingerprint density at radius 1 is 1.40 bits per heavy atom. The second-order valence-electron chi connectivity index (χ2n) is 2.20. The van der Waals surface area contributed by atoms with Crippen molar-refractivity contribution in [3.8, 4) is 12.3 Å². The number of hydrogen-bond acceptors (Lipinski definition) is 0. The Bertz CT molecular complexity index is 104. The standard InChI is InChI=1S/C8H12Br2/c1-2-3-4-5-6-8(10)7-9/h1,8H,3-7H2. The smallest absolute Gasteiger partial charge is 0.0242 e. The first kappa shape index (κ1) is 10.5. The maximum atomic E-state index is 5.11. The van der Waals surface area contributed by atoms with Gasteiger partial charge in [0.2, 0.25) is 0 Å². The average Bonchev–Trinajstić information content (AvgIpc) is 1.98. The molecule has 2 heteroatoms. The molecule has 0 heterocycles. The van der Waals surface area contributed by atoms with Gasteiger partial charge in [-0.05, 0) is 12.8 Å². The van der Waals surface area contributed by atoms with Crippen LogP contribution in [0.15, 0.2) is 0 Å². The second-order valence-corrected chi connectivity index (χ2v) is 4.14. The number of alkyl halides is 2. The Hall–Kier alpha value is 0.520. The Morgan fingerprint density at radius 2 is 2.10 bits per heavy atom. The first-order valence-corrected chi connectivity index (χ1v) is 5.48. The predicted molar refractivity (Wildman–Crippen MR) is 53.8 cm³/mol. The van der Waals surface area contributed by atoms with Crippen molar-refractivity contribution >= 4 is 31.9 Å². The lowest BCUT2D eigenvalue weighted by Gasteiger charge is -2.02. The van der Waals surface area contributed by atoms with Crippen LogP contribution in [0.1, 0.15) is 25.7 Å². The van der Waals surface area contributed by atoms with Gasteiger partial charge in [0.1, 0.15) is 0 Å². The fourth-order valence-corrected chi connectivity index (χ4v) is 1.32. The van der Waals surface area contributed by atoms with Gasteiger partial charge in [0, 0.05) is 16.6 Å². The summed E-state index contributed by atoms with van der Waals surface area (Å²) in [6.07, 6.45) is 9.63. The van der Waals surface area contributed by atoms with Gasteiger partial charge in [-0.1, -0.05) is 38.3 Å². The molecule has 0 radical (unpaired) electrons. The van der Waals surface area contributed by atoms with E-state index in [1.54, 1.807) is 0 Å². The largest absolute Gasteiger partial charge is 0.120 e. The van der Waals surface area contributed by atoms with Crippen molar-refractivity contribution in [3.63, 3.8) is 0 Å². The summed E-state index contributed by atoms with van der Waals surface area (Å²) in [5, 5.41) is 1.03. The molecular weight excluding hydrogens is 256 g/mol. The molecule has 0 bridgehead atoms. The Kier molecular flexibility index (Phi) is 8.02. The van der Waals surface area contributed by atoms with Crippen LogP contribution in [0.2, 0.25) is 0 Å². The lowest BCUT2D eigenvalue weighted by atomic mass is 10.2. The zero-order valence-corrected chi connectivity index (χ0v) is 9.12. The molecule has 0 aromatic rings. The number of halogens is 2. The molecule has 0 aliphatic heterocycles. The van der Waals surface area contributed by atoms with Gasteiger partial charge in [-0.25, -0.2) is 0 Å². The third kappa shape index (κ3) is 6.64. The van der Waals surface area contributed by atoms with Gasteiger partial charge in [-0.15, -0.1) is 12.3 Å². The Morgan fingerprint density at radius 3 is 2.60 bits per heavy atom. The number of hydrogen-bond donors (Lipinski definition) is 0. The minimum absolute atomic E-state index is 0.616. The van der Waals surface area contributed by atoms with Crippen LogP contribution in [0.4, 0.5) is 0 Å². The summed E-state index contributed by atoms with van der Waals surface area (Å²) in [7, 11) is 0. The van der Waals surface area contributed by atoms with Crippen molar-refractivity contribution in [2.75, 3.05) is 5.33 Å². The van der Waals surface area contributed by atoms with E-state index < -0.39 is 0 Å². The molecule has 0 aliphatic carbocycles. The van der Waals surface area contributed by atoms with Crippen LogP contribution in [0.5, 0.6) is 0 Å². The summed E-state index contributed by atoms with van der Waals surface area (Å²) in [6, 6.07) is 0. The number of unbranched alkanes of at least 4 members (excludes halogenated alkanes) is 2. The van der Waals surface area contributed by atoms with E-state index in [1.807, 2.05) is 0 Å². The Balaban J connectivity index is 2.98. The van der Waals surface area contributed by atoms with Crippen LogP contribution in [0, 0.1) is 12.3 Å². The zero-order chi connectivity index (χ0) is 7.82. The molecule has 0 rings (SSSR count). The van der Waals surface area contributed by atoms with E-state index in [4.69, 9.17) is 6.42 Å². The van der Waals surface area contributed by atoms with E-state index >= 15 is 0 Å². The molecule has 1 atom stereocenters. The number of terminal acetylenes is 1. The maximum Gasteiger partial charge on any atom is 0.0242 e. The molecular formula is C8H12Br2. The van der Waals surface area contributed by atoms with Crippen LogP contribution < -0.4 is 0 Å². The highest BCUT2D eigenvalue weighted by Crippen LogP contribution is 2.12. The monoisotopic (exact) mass is 266 g/mol. The highest BCUT2D eigenvalue weighted by atomic mass is 79.9. The molecule has 0 spiro atoms. The van der Waals surface area contributed by atoms with E-state index in [0.29, 0.717) is 4.83 Å².